The second kappa shape index (κ2) is 12.3. The number of ether oxygens (including phenoxy) is 1. The van der Waals surface area contributed by atoms with Crippen molar-refractivity contribution < 1.29 is 19.4 Å². The number of rotatable bonds is 11. The van der Waals surface area contributed by atoms with Gasteiger partial charge in [-0.3, -0.25) is 4.79 Å². The molecule has 172 valence electrons. The minimum absolute atomic E-state index is 0.359. The average Bonchev–Trinajstić information content (AvgIpc) is 2.82. The van der Waals surface area contributed by atoms with Gasteiger partial charge in [0.05, 0.1) is 0 Å². The van der Waals surface area contributed by atoms with Gasteiger partial charge < -0.3 is 15.2 Å². The molecular weight excluding hydrogens is 402 g/mol. The van der Waals surface area contributed by atoms with E-state index < -0.39 is 12.0 Å². The number of amides is 1. The number of aliphatic carboxylic acids is 1. The van der Waals surface area contributed by atoms with E-state index in [2.05, 4.69) is 36.5 Å². The van der Waals surface area contributed by atoms with Crippen LogP contribution in [-0.4, -0.2) is 23.0 Å². The third-order valence-corrected chi connectivity index (χ3v) is 6.26. The molecule has 32 heavy (non-hydrogen) atoms. The van der Waals surface area contributed by atoms with Gasteiger partial charge in [0.2, 0.25) is 0 Å². The van der Waals surface area contributed by atoms with E-state index >= 15 is 0 Å². The molecule has 0 saturated heterocycles. The molecule has 0 aromatic heterocycles. The molecule has 2 aromatic carbocycles. The van der Waals surface area contributed by atoms with Crippen molar-refractivity contribution in [2.75, 3.05) is 0 Å². The zero-order valence-electron chi connectivity index (χ0n) is 19.0. The third kappa shape index (κ3) is 7.40. The lowest BCUT2D eigenvalue weighted by Crippen LogP contribution is -2.42. The number of carboxylic acids is 1. The van der Waals surface area contributed by atoms with Gasteiger partial charge in [-0.05, 0) is 60.6 Å². The average molecular weight is 438 g/mol. The van der Waals surface area contributed by atoms with Crippen LogP contribution in [-0.2, 0) is 17.8 Å². The van der Waals surface area contributed by atoms with Crippen LogP contribution in [0.3, 0.4) is 0 Å². The summed E-state index contributed by atoms with van der Waals surface area (Å²) in [6.07, 6.45) is 9.61. The summed E-state index contributed by atoms with van der Waals surface area (Å²) in [6.45, 7) is 2.65. The highest BCUT2D eigenvalue weighted by Crippen LogP contribution is 2.27. The Kier molecular flexibility index (Phi) is 9.14. The van der Waals surface area contributed by atoms with Gasteiger partial charge in [-0.1, -0.05) is 69.7 Å². The molecule has 2 aromatic rings. The summed E-state index contributed by atoms with van der Waals surface area (Å²) in [5.41, 5.74) is 2.88. The molecule has 1 aliphatic carbocycles. The van der Waals surface area contributed by atoms with Crippen molar-refractivity contribution in [3.63, 3.8) is 0 Å². The van der Waals surface area contributed by atoms with Crippen molar-refractivity contribution in [1.82, 2.24) is 5.32 Å². The predicted molar refractivity (Wildman–Crippen MR) is 126 cm³/mol. The third-order valence-electron chi connectivity index (χ3n) is 6.26. The number of benzene rings is 2. The van der Waals surface area contributed by atoms with Crippen molar-refractivity contribution >= 4 is 11.9 Å². The Hall–Kier alpha value is -2.82. The minimum atomic E-state index is -0.968. The summed E-state index contributed by atoms with van der Waals surface area (Å²) in [5, 5.41) is 12.2. The van der Waals surface area contributed by atoms with Gasteiger partial charge in [0.15, 0.2) is 0 Å². The molecule has 0 bridgehead atoms. The first-order valence-corrected chi connectivity index (χ1v) is 11.9. The van der Waals surface area contributed by atoms with Crippen LogP contribution in [0.1, 0.15) is 79.8 Å². The van der Waals surface area contributed by atoms with Crippen LogP contribution in [0, 0.1) is 5.92 Å². The van der Waals surface area contributed by atoms with E-state index in [0.29, 0.717) is 30.3 Å². The fourth-order valence-electron chi connectivity index (χ4n) is 4.27. The molecule has 2 N–H and O–H groups in total. The summed E-state index contributed by atoms with van der Waals surface area (Å²) in [7, 11) is 0. The molecule has 5 nitrogen and oxygen atoms in total. The lowest BCUT2D eigenvalue weighted by molar-refractivity contribution is -0.139. The van der Waals surface area contributed by atoms with Gasteiger partial charge in [0.1, 0.15) is 18.4 Å². The summed E-state index contributed by atoms with van der Waals surface area (Å²) in [4.78, 5) is 24.2. The Balaban J connectivity index is 1.50. The number of carboxylic acid groups (broad SMARTS) is 1. The van der Waals surface area contributed by atoms with E-state index in [1.54, 1.807) is 24.3 Å². The van der Waals surface area contributed by atoms with E-state index in [1.807, 2.05) is 0 Å². The van der Waals surface area contributed by atoms with Crippen LogP contribution in [0.25, 0.3) is 0 Å². The molecule has 1 unspecified atom stereocenters. The van der Waals surface area contributed by atoms with Gasteiger partial charge in [0.25, 0.3) is 5.91 Å². The highest BCUT2D eigenvalue weighted by atomic mass is 16.5. The number of hydrogen-bond donors (Lipinski definition) is 2. The van der Waals surface area contributed by atoms with Crippen LogP contribution < -0.4 is 10.1 Å². The van der Waals surface area contributed by atoms with Gasteiger partial charge in [0, 0.05) is 5.56 Å². The lowest BCUT2D eigenvalue weighted by atomic mass is 9.85. The molecule has 1 amide bonds. The minimum Gasteiger partial charge on any atom is -0.489 e. The van der Waals surface area contributed by atoms with E-state index in [4.69, 9.17) is 4.74 Å². The highest BCUT2D eigenvalue weighted by molar-refractivity contribution is 5.96. The van der Waals surface area contributed by atoms with Crippen molar-refractivity contribution in [2.24, 2.45) is 5.92 Å². The lowest BCUT2D eigenvalue weighted by Gasteiger charge is -2.25. The Morgan fingerprint density at radius 3 is 2.28 bits per heavy atom. The molecule has 0 aliphatic heterocycles. The molecule has 0 heterocycles. The number of hydrogen-bond acceptors (Lipinski definition) is 3. The summed E-state index contributed by atoms with van der Waals surface area (Å²) >= 11 is 0. The first-order chi connectivity index (χ1) is 15.5. The maximum Gasteiger partial charge on any atom is 0.326 e. The van der Waals surface area contributed by atoms with Gasteiger partial charge in [-0.25, -0.2) is 4.79 Å². The Bertz CT molecular complexity index is 854. The van der Waals surface area contributed by atoms with Gasteiger partial charge in [-0.15, -0.1) is 0 Å². The maximum atomic E-state index is 12.6. The predicted octanol–water partition coefficient (Wildman–Crippen LogP) is 5.76. The van der Waals surface area contributed by atoms with Crippen molar-refractivity contribution in [3.05, 3.63) is 65.2 Å². The summed E-state index contributed by atoms with van der Waals surface area (Å²) < 4.78 is 5.84. The number of carbonyl (C=O) groups excluding carboxylic acids is 1. The van der Waals surface area contributed by atoms with E-state index in [-0.39, 0.29) is 5.91 Å². The van der Waals surface area contributed by atoms with Crippen LogP contribution >= 0.6 is 0 Å². The molecule has 0 spiro atoms. The Labute approximate surface area is 191 Å². The van der Waals surface area contributed by atoms with Crippen LogP contribution in [0.15, 0.2) is 48.5 Å². The maximum absolute atomic E-state index is 12.6. The number of unbranched alkanes of at least 4 members (excludes halogenated alkanes) is 1. The van der Waals surface area contributed by atoms with Crippen molar-refractivity contribution in [3.8, 4) is 5.75 Å². The molecule has 5 heteroatoms. The Morgan fingerprint density at radius 1 is 1.00 bits per heavy atom. The molecule has 0 radical (unpaired) electrons. The van der Waals surface area contributed by atoms with Crippen molar-refractivity contribution in [2.45, 2.75) is 77.4 Å². The van der Waals surface area contributed by atoms with Gasteiger partial charge in [-0.2, -0.15) is 0 Å². The number of carbonyl (C=O) groups is 2. The second-order valence-electron chi connectivity index (χ2n) is 8.84. The smallest absolute Gasteiger partial charge is 0.326 e. The largest absolute Gasteiger partial charge is 0.489 e. The van der Waals surface area contributed by atoms with Crippen LogP contribution in [0.4, 0.5) is 0 Å². The summed E-state index contributed by atoms with van der Waals surface area (Å²) in [5.74, 6) is -0.276. The fraction of sp³-hybridized carbons (Fsp3) is 0.481. The fourth-order valence-corrected chi connectivity index (χ4v) is 4.27. The van der Waals surface area contributed by atoms with Gasteiger partial charge >= 0.3 is 5.97 Å². The summed E-state index contributed by atoms with van der Waals surface area (Å²) in [6, 6.07) is 14.5. The zero-order chi connectivity index (χ0) is 22.8. The molecular formula is C27H35NO4. The van der Waals surface area contributed by atoms with E-state index in [0.717, 1.165) is 37.7 Å². The first kappa shape index (κ1) is 23.8. The van der Waals surface area contributed by atoms with Crippen LogP contribution in [0.2, 0.25) is 0 Å². The zero-order valence-corrected chi connectivity index (χ0v) is 19.0. The molecule has 3 rings (SSSR count). The van der Waals surface area contributed by atoms with Crippen LogP contribution in [0.5, 0.6) is 5.75 Å². The SMILES string of the molecule is CCCCc1ccc(COc2ccc(C(=O)NC(CC3CCCCC3)C(=O)O)cc2)cc1. The first-order valence-electron chi connectivity index (χ1n) is 11.9. The molecule has 1 atom stereocenters. The Morgan fingerprint density at radius 2 is 1.66 bits per heavy atom. The van der Waals surface area contributed by atoms with Crippen molar-refractivity contribution in [1.29, 1.82) is 0 Å². The quantitative estimate of drug-likeness (QED) is 0.468. The second-order valence-corrected chi connectivity index (χ2v) is 8.84. The molecule has 1 fully saturated rings. The number of aryl methyl sites for hydroxylation is 1. The number of nitrogens with one attached hydrogen (secondary N) is 1. The van der Waals surface area contributed by atoms with E-state index in [9.17, 15) is 14.7 Å². The topological polar surface area (TPSA) is 75.6 Å². The monoisotopic (exact) mass is 437 g/mol. The van der Waals surface area contributed by atoms with E-state index in [1.165, 1.54) is 24.8 Å². The normalized spacial score (nSPS) is 15.2. The standard InChI is InChI=1S/C27H35NO4/c1-2-3-7-20-10-12-22(13-11-20)19-32-24-16-14-23(15-17-24)26(29)28-25(27(30)31)18-21-8-5-4-6-9-21/h10-17,21,25H,2-9,18-19H2,1H3,(H,28,29)(H,30,31). The highest BCUT2D eigenvalue weighted by Gasteiger charge is 2.25. The molecule has 1 aliphatic rings. The molecule has 1 saturated carbocycles.